The number of benzene rings is 3. The third-order valence-corrected chi connectivity index (χ3v) is 7.49. The van der Waals surface area contributed by atoms with E-state index in [9.17, 15) is 22.4 Å². The molecule has 0 atom stereocenters. The van der Waals surface area contributed by atoms with Crippen LogP contribution in [0.2, 0.25) is 5.02 Å². The van der Waals surface area contributed by atoms with E-state index < -0.39 is 23.2 Å². The standard InChI is InChI=1S/C28H25ClF4N2O2/c1-18-13-23(22-8-7-20(30)15-25(22)29)19(14-24(18)28(31,32)33)16-34-11-9-27(10-12-34)17-35(26(36)37-27)21-5-3-2-4-6-21/h2-8,13-15H,9-12,16-17H2,1H3. The van der Waals surface area contributed by atoms with Gasteiger partial charge in [0.2, 0.25) is 0 Å². The largest absolute Gasteiger partial charge is 0.441 e. The molecule has 5 rings (SSSR count). The Bertz CT molecular complexity index is 1320. The van der Waals surface area contributed by atoms with Crippen molar-refractivity contribution in [3.63, 3.8) is 0 Å². The Kier molecular flexibility index (Phi) is 6.66. The third-order valence-electron chi connectivity index (χ3n) is 7.18. The van der Waals surface area contributed by atoms with Crippen molar-refractivity contribution in [3.05, 3.63) is 88.2 Å². The van der Waals surface area contributed by atoms with Gasteiger partial charge in [0.1, 0.15) is 11.4 Å². The Morgan fingerprint density at radius 3 is 2.35 bits per heavy atom. The topological polar surface area (TPSA) is 32.8 Å². The maximum atomic E-state index is 13.7. The summed E-state index contributed by atoms with van der Waals surface area (Å²) in [6.07, 6.45) is -3.77. The van der Waals surface area contributed by atoms with E-state index >= 15 is 0 Å². The van der Waals surface area contributed by atoms with Gasteiger partial charge in [-0.1, -0.05) is 35.9 Å². The zero-order chi connectivity index (χ0) is 26.4. The Morgan fingerprint density at radius 1 is 1.00 bits per heavy atom. The van der Waals surface area contributed by atoms with Crippen molar-refractivity contribution in [2.75, 3.05) is 24.5 Å². The lowest BCUT2D eigenvalue weighted by atomic mass is 9.89. The summed E-state index contributed by atoms with van der Waals surface area (Å²) in [6, 6.07) is 15.8. The monoisotopic (exact) mass is 532 g/mol. The number of likely N-dealkylation sites (tertiary alicyclic amines) is 1. The number of halogens is 5. The number of hydrogen-bond acceptors (Lipinski definition) is 3. The van der Waals surface area contributed by atoms with Gasteiger partial charge >= 0.3 is 12.3 Å². The first-order chi connectivity index (χ1) is 17.5. The highest BCUT2D eigenvalue weighted by Crippen LogP contribution is 2.40. The molecule has 2 saturated heterocycles. The molecule has 1 amide bonds. The molecule has 0 bridgehead atoms. The lowest BCUT2D eigenvalue weighted by Gasteiger charge is -2.37. The van der Waals surface area contributed by atoms with E-state index in [2.05, 4.69) is 4.90 Å². The number of hydrogen-bond donors (Lipinski definition) is 0. The summed E-state index contributed by atoms with van der Waals surface area (Å²) in [7, 11) is 0. The summed E-state index contributed by atoms with van der Waals surface area (Å²) in [5, 5.41) is 0.136. The van der Waals surface area contributed by atoms with Crippen LogP contribution in [0.25, 0.3) is 11.1 Å². The second kappa shape index (κ2) is 9.65. The van der Waals surface area contributed by atoms with Crippen molar-refractivity contribution in [2.45, 2.75) is 38.1 Å². The number of aryl methyl sites for hydroxylation is 1. The number of piperidine rings is 1. The number of ether oxygens (including phenoxy) is 1. The normalized spacial score (nSPS) is 17.9. The van der Waals surface area contributed by atoms with Crippen molar-refractivity contribution < 1.29 is 27.1 Å². The zero-order valence-corrected chi connectivity index (χ0v) is 20.9. The molecule has 3 aromatic carbocycles. The number of rotatable bonds is 4. The van der Waals surface area contributed by atoms with Gasteiger partial charge < -0.3 is 4.74 Å². The molecule has 2 fully saturated rings. The van der Waals surface area contributed by atoms with Crippen LogP contribution in [-0.2, 0) is 17.5 Å². The van der Waals surface area contributed by atoms with Crippen LogP contribution in [-0.4, -0.2) is 36.2 Å². The number of para-hydroxylation sites is 1. The van der Waals surface area contributed by atoms with Gasteiger partial charge in [0.15, 0.2) is 0 Å². The zero-order valence-electron chi connectivity index (χ0n) is 20.1. The molecule has 3 aromatic rings. The molecule has 0 saturated carbocycles. The lowest BCUT2D eigenvalue weighted by Crippen LogP contribution is -2.46. The predicted octanol–water partition coefficient (Wildman–Crippen LogP) is 7.46. The maximum Gasteiger partial charge on any atom is 0.416 e. The van der Waals surface area contributed by atoms with E-state index in [1.807, 2.05) is 30.3 Å². The van der Waals surface area contributed by atoms with Crippen LogP contribution in [0.5, 0.6) is 0 Å². The molecule has 0 radical (unpaired) electrons. The van der Waals surface area contributed by atoms with E-state index in [1.54, 1.807) is 4.90 Å². The molecule has 2 aliphatic heterocycles. The molecule has 2 aliphatic rings. The fourth-order valence-electron chi connectivity index (χ4n) is 5.20. The van der Waals surface area contributed by atoms with Gasteiger partial charge in [-0.05, 0) is 60.0 Å². The van der Waals surface area contributed by atoms with E-state index in [0.717, 1.165) is 11.8 Å². The summed E-state index contributed by atoms with van der Waals surface area (Å²) >= 11 is 6.29. The molecule has 0 aromatic heterocycles. The highest BCUT2D eigenvalue weighted by molar-refractivity contribution is 6.33. The molecule has 0 N–H and O–H groups in total. The summed E-state index contributed by atoms with van der Waals surface area (Å²) < 4.78 is 60.7. The van der Waals surface area contributed by atoms with Gasteiger partial charge in [-0.2, -0.15) is 13.2 Å². The number of anilines is 1. The van der Waals surface area contributed by atoms with Gasteiger partial charge in [-0.25, -0.2) is 9.18 Å². The van der Waals surface area contributed by atoms with Crippen LogP contribution in [0.3, 0.4) is 0 Å². The van der Waals surface area contributed by atoms with Crippen LogP contribution in [0.1, 0.15) is 29.5 Å². The van der Waals surface area contributed by atoms with E-state index in [1.165, 1.54) is 31.2 Å². The molecule has 1 spiro atoms. The van der Waals surface area contributed by atoms with E-state index in [0.29, 0.717) is 49.2 Å². The average molecular weight is 533 g/mol. The number of carbonyl (C=O) groups excluding carboxylic acids is 1. The minimum Gasteiger partial charge on any atom is -0.441 e. The van der Waals surface area contributed by atoms with Gasteiger partial charge in [-0.3, -0.25) is 9.80 Å². The van der Waals surface area contributed by atoms with Crippen LogP contribution < -0.4 is 4.90 Å². The second-order valence-corrected chi connectivity index (χ2v) is 10.1. The molecule has 194 valence electrons. The van der Waals surface area contributed by atoms with Crippen molar-refractivity contribution in [1.29, 1.82) is 0 Å². The third kappa shape index (κ3) is 5.18. The van der Waals surface area contributed by atoms with E-state index in [-0.39, 0.29) is 23.2 Å². The van der Waals surface area contributed by atoms with Crippen molar-refractivity contribution in [1.82, 2.24) is 4.90 Å². The van der Waals surface area contributed by atoms with Crippen molar-refractivity contribution >= 4 is 23.4 Å². The molecule has 2 heterocycles. The molecular formula is C28H25ClF4N2O2. The van der Waals surface area contributed by atoms with Gasteiger partial charge in [0.05, 0.1) is 17.1 Å². The Balaban J connectivity index is 1.38. The Morgan fingerprint density at radius 2 is 1.70 bits per heavy atom. The maximum absolute atomic E-state index is 13.7. The van der Waals surface area contributed by atoms with Crippen LogP contribution in [0, 0.1) is 12.7 Å². The first-order valence-corrected chi connectivity index (χ1v) is 12.4. The second-order valence-electron chi connectivity index (χ2n) is 9.70. The quantitative estimate of drug-likeness (QED) is 0.327. The summed E-state index contributed by atoms with van der Waals surface area (Å²) in [5.74, 6) is -0.518. The lowest BCUT2D eigenvalue weighted by molar-refractivity contribution is -0.138. The van der Waals surface area contributed by atoms with Crippen LogP contribution in [0.15, 0.2) is 60.7 Å². The molecule has 0 unspecified atom stereocenters. The van der Waals surface area contributed by atoms with E-state index in [4.69, 9.17) is 16.3 Å². The minimum atomic E-state index is -4.51. The highest BCUT2D eigenvalue weighted by Gasteiger charge is 2.47. The minimum absolute atomic E-state index is 0.0723. The van der Waals surface area contributed by atoms with Crippen molar-refractivity contribution in [3.8, 4) is 11.1 Å². The number of nitrogens with zero attached hydrogens (tertiary/aromatic N) is 2. The number of amides is 1. The van der Waals surface area contributed by atoms with Gasteiger partial charge in [0, 0.05) is 43.7 Å². The predicted molar refractivity (Wildman–Crippen MR) is 134 cm³/mol. The number of carbonyl (C=O) groups is 1. The Labute approximate surface area is 217 Å². The Hall–Kier alpha value is -3.10. The molecule has 9 heteroatoms. The highest BCUT2D eigenvalue weighted by atomic mass is 35.5. The summed E-state index contributed by atoms with van der Waals surface area (Å²) in [6.45, 7) is 3.18. The van der Waals surface area contributed by atoms with Crippen LogP contribution >= 0.6 is 11.6 Å². The van der Waals surface area contributed by atoms with Gasteiger partial charge in [-0.15, -0.1) is 0 Å². The SMILES string of the molecule is Cc1cc(-c2ccc(F)cc2Cl)c(CN2CCC3(CC2)CN(c2ccccc2)C(=O)O3)cc1C(F)(F)F. The summed E-state index contributed by atoms with van der Waals surface area (Å²) in [4.78, 5) is 16.3. The number of alkyl halides is 3. The molecular weight excluding hydrogens is 508 g/mol. The molecule has 37 heavy (non-hydrogen) atoms. The average Bonchev–Trinajstić information content (AvgIpc) is 3.17. The van der Waals surface area contributed by atoms with Crippen LogP contribution in [0.4, 0.5) is 28.0 Å². The first kappa shape index (κ1) is 25.5. The first-order valence-electron chi connectivity index (χ1n) is 12.0. The fraction of sp³-hybridized carbons (Fsp3) is 0.321. The summed E-state index contributed by atoms with van der Waals surface area (Å²) in [5.41, 5.74) is 0.981. The van der Waals surface area contributed by atoms with Crippen molar-refractivity contribution in [2.24, 2.45) is 0 Å². The fourth-order valence-corrected chi connectivity index (χ4v) is 5.47. The molecule has 0 aliphatic carbocycles. The van der Waals surface area contributed by atoms with Gasteiger partial charge in [0.25, 0.3) is 0 Å². The molecule has 4 nitrogen and oxygen atoms in total. The smallest absolute Gasteiger partial charge is 0.416 e.